The summed E-state index contributed by atoms with van der Waals surface area (Å²) in [7, 11) is 0. The highest BCUT2D eigenvalue weighted by atomic mass is 79.9. The number of fused-ring (bicyclic) bond motifs is 1. The maximum Gasteiger partial charge on any atom is 0.263 e. The molecule has 3 rings (SSSR count). The van der Waals surface area contributed by atoms with E-state index in [1.807, 2.05) is 6.07 Å². The second kappa shape index (κ2) is 5.16. The zero-order valence-corrected chi connectivity index (χ0v) is 13.1. The van der Waals surface area contributed by atoms with Gasteiger partial charge in [-0.05, 0) is 45.8 Å². The number of carbonyl (C=O) groups is 2. The minimum absolute atomic E-state index is 0.165. The highest BCUT2D eigenvalue weighted by molar-refractivity contribution is 9.10. The molecule has 6 heteroatoms. The molecule has 0 fully saturated rings. The van der Waals surface area contributed by atoms with Crippen LogP contribution in [0.25, 0.3) is 0 Å². The fraction of sp³-hybridized carbons (Fsp3) is 0.0667. The molecule has 2 N–H and O–H groups in total. The van der Waals surface area contributed by atoms with Crippen molar-refractivity contribution < 1.29 is 9.59 Å². The summed E-state index contributed by atoms with van der Waals surface area (Å²) < 4.78 is 0.763. The molecule has 1 aliphatic heterocycles. The Hall–Kier alpha value is -1.85. The number of hydrogen-bond donors (Lipinski definition) is 1. The lowest BCUT2D eigenvalue weighted by molar-refractivity contribution is 0.0642. The highest BCUT2D eigenvalue weighted by Gasteiger charge is 2.36. The Labute approximate surface area is 134 Å². The number of nitrogens with zero attached hydrogens (tertiary/aromatic N) is 1. The summed E-state index contributed by atoms with van der Waals surface area (Å²) in [5.41, 5.74) is 7.53. The summed E-state index contributed by atoms with van der Waals surface area (Å²) in [6.07, 6.45) is 0. The number of carbonyl (C=O) groups excluding carboxylic acids is 2. The SMILES string of the molecule is Nc1cccc2c1C(=O)N(Cc1ccc(Br)c(Cl)c1)C2=O. The quantitative estimate of drug-likeness (QED) is 0.654. The predicted molar refractivity (Wildman–Crippen MR) is 84.2 cm³/mol. The van der Waals surface area contributed by atoms with E-state index in [0.717, 1.165) is 10.0 Å². The van der Waals surface area contributed by atoms with Gasteiger partial charge in [-0.2, -0.15) is 0 Å². The standard InChI is InChI=1S/C15H10BrClN2O2/c16-10-5-4-8(6-11(10)17)7-19-14(20)9-2-1-3-12(18)13(9)15(19)21/h1-6H,7,18H2. The van der Waals surface area contributed by atoms with E-state index in [1.165, 1.54) is 4.90 Å². The highest BCUT2D eigenvalue weighted by Crippen LogP contribution is 2.30. The molecule has 0 bridgehead atoms. The Morgan fingerprint density at radius 2 is 1.90 bits per heavy atom. The van der Waals surface area contributed by atoms with Crippen LogP contribution in [0.1, 0.15) is 26.3 Å². The van der Waals surface area contributed by atoms with Crippen molar-refractivity contribution in [3.05, 3.63) is 62.6 Å². The monoisotopic (exact) mass is 364 g/mol. The molecule has 0 atom stereocenters. The van der Waals surface area contributed by atoms with Crippen LogP contribution in [0.3, 0.4) is 0 Å². The second-order valence-corrected chi connectivity index (χ2v) is 5.98. The van der Waals surface area contributed by atoms with Crippen molar-refractivity contribution in [2.45, 2.75) is 6.54 Å². The maximum absolute atomic E-state index is 12.4. The van der Waals surface area contributed by atoms with Crippen LogP contribution in [0, 0.1) is 0 Å². The van der Waals surface area contributed by atoms with Crippen molar-refractivity contribution in [1.29, 1.82) is 0 Å². The van der Waals surface area contributed by atoms with Crippen LogP contribution >= 0.6 is 27.5 Å². The Balaban J connectivity index is 1.95. The molecule has 0 unspecified atom stereocenters. The number of imide groups is 1. The van der Waals surface area contributed by atoms with Crippen molar-refractivity contribution >= 4 is 45.0 Å². The van der Waals surface area contributed by atoms with Crippen LogP contribution in [-0.4, -0.2) is 16.7 Å². The van der Waals surface area contributed by atoms with Gasteiger partial charge < -0.3 is 5.73 Å². The van der Waals surface area contributed by atoms with Gasteiger partial charge in [0, 0.05) is 10.2 Å². The Bertz CT molecular complexity index is 776. The topological polar surface area (TPSA) is 63.4 Å². The summed E-state index contributed by atoms with van der Waals surface area (Å²) in [5, 5.41) is 0.531. The van der Waals surface area contributed by atoms with Gasteiger partial charge in [-0.3, -0.25) is 14.5 Å². The largest absolute Gasteiger partial charge is 0.398 e. The van der Waals surface area contributed by atoms with Gasteiger partial charge in [0.05, 0.1) is 22.7 Å². The van der Waals surface area contributed by atoms with Crippen molar-refractivity contribution in [2.75, 3.05) is 5.73 Å². The number of nitrogens with two attached hydrogens (primary N) is 1. The van der Waals surface area contributed by atoms with Crippen molar-refractivity contribution in [3.63, 3.8) is 0 Å². The third kappa shape index (κ3) is 2.32. The van der Waals surface area contributed by atoms with Gasteiger partial charge in [0.1, 0.15) is 0 Å². The Morgan fingerprint density at radius 3 is 2.57 bits per heavy atom. The Morgan fingerprint density at radius 1 is 1.14 bits per heavy atom. The van der Waals surface area contributed by atoms with Crippen LogP contribution in [0.15, 0.2) is 40.9 Å². The van der Waals surface area contributed by atoms with Crippen molar-refractivity contribution in [3.8, 4) is 0 Å². The first-order valence-corrected chi connectivity index (χ1v) is 7.34. The van der Waals surface area contributed by atoms with Gasteiger partial charge in [0.15, 0.2) is 0 Å². The lowest BCUT2D eigenvalue weighted by Crippen LogP contribution is -2.29. The average Bonchev–Trinajstić information content (AvgIpc) is 2.69. The number of hydrogen-bond acceptors (Lipinski definition) is 3. The van der Waals surface area contributed by atoms with E-state index >= 15 is 0 Å². The fourth-order valence-electron chi connectivity index (χ4n) is 2.32. The van der Waals surface area contributed by atoms with E-state index in [9.17, 15) is 9.59 Å². The Kier molecular flexibility index (Phi) is 3.47. The van der Waals surface area contributed by atoms with Crippen molar-refractivity contribution in [2.24, 2.45) is 0 Å². The van der Waals surface area contributed by atoms with Gasteiger partial charge >= 0.3 is 0 Å². The van der Waals surface area contributed by atoms with Crippen LogP contribution in [0.2, 0.25) is 5.02 Å². The first kappa shape index (κ1) is 14.1. The molecular weight excluding hydrogens is 356 g/mol. The number of amides is 2. The summed E-state index contributed by atoms with van der Waals surface area (Å²) >= 11 is 9.33. The van der Waals surface area contributed by atoms with Crippen LogP contribution < -0.4 is 5.73 Å². The smallest absolute Gasteiger partial charge is 0.263 e. The summed E-state index contributed by atoms with van der Waals surface area (Å²) in [6.45, 7) is 0.165. The third-order valence-corrected chi connectivity index (χ3v) is 4.59. The predicted octanol–water partition coefficient (Wildman–Crippen LogP) is 3.48. The number of halogens is 2. The van der Waals surface area contributed by atoms with Gasteiger partial charge in [-0.25, -0.2) is 0 Å². The van der Waals surface area contributed by atoms with E-state index < -0.39 is 0 Å². The van der Waals surface area contributed by atoms with Gasteiger partial charge in [-0.15, -0.1) is 0 Å². The number of rotatable bonds is 2. The maximum atomic E-state index is 12.4. The molecule has 0 aromatic heterocycles. The van der Waals surface area contributed by atoms with E-state index in [4.69, 9.17) is 17.3 Å². The molecule has 1 heterocycles. The molecule has 106 valence electrons. The number of nitrogen functional groups attached to an aromatic ring is 1. The molecule has 21 heavy (non-hydrogen) atoms. The van der Waals surface area contributed by atoms with Gasteiger partial charge in [0.25, 0.3) is 11.8 Å². The molecule has 0 radical (unpaired) electrons. The summed E-state index contributed by atoms with van der Waals surface area (Å²) in [6, 6.07) is 10.2. The van der Waals surface area contributed by atoms with E-state index in [-0.39, 0.29) is 23.9 Å². The van der Waals surface area contributed by atoms with E-state index in [0.29, 0.717) is 16.3 Å². The zero-order chi connectivity index (χ0) is 15.1. The molecule has 2 aromatic carbocycles. The van der Waals surface area contributed by atoms with Crippen LogP contribution in [-0.2, 0) is 6.54 Å². The fourth-order valence-corrected chi connectivity index (χ4v) is 2.77. The molecule has 0 aliphatic carbocycles. The molecule has 1 aliphatic rings. The van der Waals surface area contributed by atoms with Crippen LogP contribution in [0.5, 0.6) is 0 Å². The van der Waals surface area contributed by atoms with Gasteiger partial charge in [0.2, 0.25) is 0 Å². The molecular formula is C15H10BrClN2O2. The van der Waals surface area contributed by atoms with E-state index in [2.05, 4.69) is 15.9 Å². The lowest BCUT2D eigenvalue weighted by atomic mass is 10.1. The molecule has 2 amide bonds. The zero-order valence-electron chi connectivity index (χ0n) is 10.8. The molecule has 0 saturated carbocycles. The minimum Gasteiger partial charge on any atom is -0.398 e. The molecule has 2 aromatic rings. The molecule has 4 nitrogen and oxygen atoms in total. The van der Waals surface area contributed by atoms with Crippen molar-refractivity contribution in [1.82, 2.24) is 4.90 Å². The third-order valence-electron chi connectivity index (χ3n) is 3.36. The number of anilines is 1. The second-order valence-electron chi connectivity index (χ2n) is 4.71. The first-order valence-electron chi connectivity index (χ1n) is 6.17. The van der Waals surface area contributed by atoms with E-state index in [1.54, 1.807) is 30.3 Å². The molecule has 0 saturated heterocycles. The summed E-state index contributed by atoms with van der Waals surface area (Å²) in [5.74, 6) is -0.700. The number of benzene rings is 2. The first-order chi connectivity index (χ1) is 9.99. The van der Waals surface area contributed by atoms with Gasteiger partial charge in [-0.1, -0.05) is 23.7 Å². The minimum atomic E-state index is -0.368. The van der Waals surface area contributed by atoms with Crippen LogP contribution in [0.4, 0.5) is 5.69 Å². The summed E-state index contributed by atoms with van der Waals surface area (Å²) in [4.78, 5) is 25.9. The lowest BCUT2D eigenvalue weighted by Gasteiger charge is -2.14. The molecule has 0 spiro atoms. The average molecular weight is 366 g/mol. The normalized spacial score (nSPS) is 13.7.